The van der Waals surface area contributed by atoms with Crippen LogP contribution in [0.25, 0.3) is 10.8 Å². The Morgan fingerprint density at radius 2 is 1.86 bits per heavy atom. The number of fused-ring (bicyclic) bond motifs is 1. The standard InChI is InChI=1S/C17H19ClN2OS/c18-14-8-4-6-13-7-5-9-15(17(13)14)22-12-16(21)19-20-10-2-1-3-11-20/h4-9H,1-3,10-12H2,(H,19,21). The monoisotopic (exact) mass is 334 g/mol. The van der Waals surface area contributed by atoms with Crippen LogP contribution in [0.1, 0.15) is 19.3 Å². The van der Waals surface area contributed by atoms with Crippen molar-refractivity contribution < 1.29 is 4.79 Å². The molecule has 5 heteroatoms. The molecular weight excluding hydrogens is 316 g/mol. The van der Waals surface area contributed by atoms with Crippen LogP contribution < -0.4 is 5.43 Å². The summed E-state index contributed by atoms with van der Waals surface area (Å²) in [6.45, 7) is 1.91. The lowest BCUT2D eigenvalue weighted by molar-refractivity contribution is -0.123. The van der Waals surface area contributed by atoms with E-state index in [0.717, 1.165) is 46.6 Å². The quantitative estimate of drug-likeness (QED) is 0.854. The highest BCUT2D eigenvalue weighted by Gasteiger charge is 2.13. The van der Waals surface area contributed by atoms with Crippen molar-refractivity contribution in [2.24, 2.45) is 0 Å². The summed E-state index contributed by atoms with van der Waals surface area (Å²) in [5.74, 6) is 0.455. The Morgan fingerprint density at radius 3 is 2.64 bits per heavy atom. The normalized spacial score (nSPS) is 15.9. The van der Waals surface area contributed by atoms with Crippen LogP contribution >= 0.6 is 23.4 Å². The van der Waals surface area contributed by atoms with Crippen molar-refractivity contribution in [1.29, 1.82) is 0 Å². The highest BCUT2D eigenvalue weighted by Crippen LogP contribution is 2.33. The van der Waals surface area contributed by atoms with Crippen molar-refractivity contribution in [3.05, 3.63) is 41.4 Å². The largest absolute Gasteiger partial charge is 0.288 e. The maximum Gasteiger partial charge on any atom is 0.244 e. The molecule has 0 atom stereocenters. The summed E-state index contributed by atoms with van der Waals surface area (Å²) in [5, 5.41) is 4.90. The van der Waals surface area contributed by atoms with Crippen molar-refractivity contribution >= 4 is 40.0 Å². The SMILES string of the molecule is O=C(CSc1cccc2cccc(Cl)c12)NN1CCCCC1. The van der Waals surface area contributed by atoms with Crippen LogP contribution in [-0.2, 0) is 4.79 Å². The van der Waals surface area contributed by atoms with Gasteiger partial charge in [0.2, 0.25) is 5.91 Å². The zero-order valence-corrected chi connectivity index (χ0v) is 13.9. The first kappa shape index (κ1) is 15.7. The Bertz CT molecular complexity index is 666. The van der Waals surface area contributed by atoms with Gasteiger partial charge in [-0.2, -0.15) is 0 Å². The number of carbonyl (C=O) groups is 1. The van der Waals surface area contributed by atoms with Crippen LogP contribution in [0.2, 0.25) is 5.02 Å². The molecule has 1 N–H and O–H groups in total. The number of piperidine rings is 1. The van der Waals surface area contributed by atoms with Crippen molar-refractivity contribution in [1.82, 2.24) is 10.4 Å². The van der Waals surface area contributed by atoms with Gasteiger partial charge in [0.1, 0.15) is 0 Å². The molecule has 0 unspecified atom stereocenters. The van der Waals surface area contributed by atoms with Gasteiger partial charge in [-0.25, -0.2) is 5.01 Å². The smallest absolute Gasteiger partial charge is 0.244 e. The topological polar surface area (TPSA) is 32.3 Å². The summed E-state index contributed by atoms with van der Waals surface area (Å²) in [7, 11) is 0. The van der Waals surface area contributed by atoms with E-state index >= 15 is 0 Å². The molecule has 0 saturated carbocycles. The van der Waals surface area contributed by atoms with E-state index in [0.29, 0.717) is 5.75 Å². The van der Waals surface area contributed by atoms with E-state index in [1.54, 1.807) is 0 Å². The van der Waals surface area contributed by atoms with Crippen LogP contribution in [0.3, 0.4) is 0 Å². The van der Waals surface area contributed by atoms with Gasteiger partial charge in [0.05, 0.1) is 5.75 Å². The average Bonchev–Trinajstić information content (AvgIpc) is 2.54. The number of nitrogens with one attached hydrogen (secondary N) is 1. The maximum atomic E-state index is 12.1. The molecule has 1 heterocycles. The van der Waals surface area contributed by atoms with Crippen molar-refractivity contribution in [2.75, 3.05) is 18.8 Å². The molecule has 0 aliphatic carbocycles. The molecular formula is C17H19ClN2OS. The Kier molecular flexibility index (Phi) is 5.24. The Morgan fingerprint density at radius 1 is 1.14 bits per heavy atom. The molecule has 0 radical (unpaired) electrons. The zero-order chi connectivity index (χ0) is 15.4. The van der Waals surface area contributed by atoms with E-state index in [2.05, 4.69) is 5.43 Å². The molecule has 116 valence electrons. The fraction of sp³-hybridized carbons (Fsp3) is 0.353. The van der Waals surface area contributed by atoms with Gasteiger partial charge < -0.3 is 0 Å². The summed E-state index contributed by atoms with van der Waals surface area (Å²) in [6, 6.07) is 11.9. The number of carbonyl (C=O) groups excluding carboxylic acids is 1. The third-order valence-corrected chi connectivity index (χ3v) is 5.19. The first-order valence-electron chi connectivity index (χ1n) is 7.58. The van der Waals surface area contributed by atoms with E-state index in [1.807, 2.05) is 41.4 Å². The van der Waals surface area contributed by atoms with Crippen LogP contribution in [0, 0.1) is 0 Å². The van der Waals surface area contributed by atoms with Crippen molar-refractivity contribution in [3.8, 4) is 0 Å². The summed E-state index contributed by atoms with van der Waals surface area (Å²) in [5.41, 5.74) is 2.99. The van der Waals surface area contributed by atoms with Crippen LogP contribution in [0.15, 0.2) is 41.3 Å². The number of nitrogens with zero attached hydrogens (tertiary/aromatic N) is 1. The molecule has 22 heavy (non-hydrogen) atoms. The molecule has 3 rings (SSSR count). The minimum absolute atomic E-state index is 0.0518. The number of thioether (sulfide) groups is 1. The fourth-order valence-electron chi connectivity index (χ4n) is 2.74. The van der Waals surface area contributed by atoms with Gasteiger partial charge in [-0.05, 0) is 30.4 Å². The van der Waals surface area contributed by atoms with Gasteiger partial charge in [0, 0.05) is 28.4 Å². The molecule has 0 bridgehead atoms. The maximum absolute atomic E-state index is 12.1. The van der Waals surface area contributed by atoms with E-state index in [9.17, 15) is 4.79 Å². The second-order valence-corrected chi connectivity index (χ2v) is 6.89. The number of amides is 1. The van der Waals surface area contributed by atoms with Gasteiger partial charge in [0.25, 0.3) is 0 Å². The molecule has 1 saturated heterocycles. The minimum atomic E-state index is 0.0518. The molecule has 3 nitrogen and oxygen atoms in total. The van der Waals surface area contributed by atoms with Crippen molar-refractivity contribution in [3.63, 3.8) is 0 Å². The molecule has 1 amide bonds. The van der Waals surface area contributed by atoms with Gasteiger partial charge in [-0.3, -0.25) is 10.2 Å². The highest BCUT2D eigenvalue weighted by molar-refractivity contribution is 8.00. The van der Waals surface area contributed by atoms with Gasteiger partial charge in [0.15, 0.2) is 0 Å². The highest BCUT2D eigenvalue weighted by atomic mass is 35.5. The average molecular weight is 335 g/mol. The summed E-state index contributed by atoms with van der Waals surface area (Å²) in [6.07, 6.45) is 3.58. The third kappa shape index (κ3) is 3.75. The zero-order valence-electron chi connectivity index (χ0n) is 12.3. The number of hydrogen-bond acceptors (Lipinski definition) is 3. The molecule has 0 aromatic heterocycles. The van der Waals surface area contributed by atoms with Crippen molar-refractivity contribution in [2.45, 2.75) is 24.2 Å². The van der Waals surface area contributed by atoms with Crippen LogP contribution in [-0.4, -0.2) is 29.8 Å². The Hall–Kier alpha value is -1.23. The number of halogens is 1. The molecule has 1 fully saturated rings. The van der Waals surface area contributed by atoms with Crippen LogP contribution in [0.4, 0.5) is 0 Å². The molecule has 1 aliphatic heterocycles. The summed E-state index contributed by atoms with van der Waals surface area (Å²) >= 11 is 7.85. The number of rotatable bonds is 4. The lowest BCUT2D eigenvalue weighted by Crippen LogP contribution is -2.45. The molecule has 2 aromatic carbocycles. The Balaban J connectivity index is 1.65. The second-order valence-electron chi connectivity index (χ2n) is 5.47. The molecule has 1 aliphatic rings. The first-order valence-corrected chi connectivity index (χ1v) is 8.95. The minimum Gasteiger partial charge on any atom is -0.288 e. The fourth-order valence-corrected chi connectivity index (χ4v) is 3.98. The summed E-state index contributed by atoms with van der Waals surface area (Å²) in [4.78, 5) is 13.2. The number of hydrogen-bond donors (Lipinski definition) is 1. The predicted molar refractivity (Wildman–Crippen MR) is 93.2 cm³/mol. The third-order valence-electron chi connectivity index (χ3n) is 3.81. The number of hydrazine groups is 1. The predicted octanol–water partition coefficient (Wildman–Crippen LogP) is 4.10. The Labute approximate surface area is 140 Å². The van der Waals surface area contributed by atoms with Gasteiger partial charge >= 0.3 is 0 Å². The lowest BCUT2D eigenvalue weighted by atomic mass is 10.1. The molecule has 2 aromatic rings. The first-order chi connectivity index (χ1) is 10.7. The molecule has 0 spiro atoms. The van der Waals surface area contributed by atoms with E-state index < -0.39 is 0 Å². The second kappa shape index (κ2) is 7.36. The summed E-state index contributed by atoms with van der Waals surface area (Å²) < 4.78 is 0. The van der Waals surface area contributed by atoms with E-state index in [4.69, 9.17) is 11.6 Å². The number of benzene rings is 2. The van der Waals surface area contributed by atoms with Crippen LogP contribution in [0.5, 0.6) is 0 Å². The lowest BCUT2D eigenvalue weighted by Gasteiger charge is -2.26. The van der Waals surface area contributed by atoms with E-state index in [1.165, 1.54) is 18.2 Å². The van der Waals surface area contributed by atoms with Gasteiger partial charge in [-0.1, -0.05) is 42.3 Å². The van der Waals surface area contributed by atoms with E-state index in [-0.39, 0.29) is 5.91 Å². The van der Waals surface area contributed by atoms with Gasteiger partial charge in [-0.15, -0.1) is 11.8 Å².